The average Bonchev–Trinajstić information content (AvgIpc) is 3.39. The monoisotopic (exact) mass is 376 g/mol. The van der Waals surface area contributed by atoms with Gasteiger partial charge in [0.15, 0.2) is 0 Å². The smallest absolute Gasteiger partial charge is 0.277 e. The zero-order valence-corrected chi connectivity index (χ0v) is 15.7. The van der Waals surface area contributed by atoms with E-state index in [0.717, 1.165) is 54.7 Å². The number of pyridine rings is 1. The molecule has 7 nitrogen and oxygen atoms in total. The Hall–Kier alpha value is -1.90. The molecule has 140 valence electrons. The number of benzene rings is 1. The highest BCUT2D eigenvalue weighted by Crippen LogP contribution is 2.35. The molecule has 0 radical (unpaired) electrons. The largest absolute Gasteiger partial charge is 0.494 e. The van der Waals surface area contributed by atoms with Crippen molar-refractivity contribution >= 4 is 26.8 Å². The van der Waals surface area contributed by atoms with Gasteiger partial charge in [-0.1, -0.05) is 12.1 Å². The molecule has 0 unspecified atom stereocenters. The van der Waals surface area contributed by atoms with Gasteiger partial charge in [-0.3, -0.25) is 4.98 Å². The van der Waals surface area contributed by atoms with E-state index in [-0.39, 0.29) is 6.04 Å². The average molecular weight is 376 g/mol. The Morgan fingerprint density at radius 1 is 1.31 bits per heavy atom. The molecule has 1 aliphatic heterocycles. The van der Waals surface area contributed by atoms with Crippen molar-refractivity contribution in [1.82, 2.24) is 9.29 Å². The fraction of sp³-hybridized carbons (Fsp3) is 0.500. The van der Waals surface area contributed by atoms with Crippen molar-refractivity contribution in [2.75, 3.05) is 31.6 Å². The number of anilines is 1. The van der Waals surface area contributed by atoms with Crippen LogP contribution in [0.3, 0.4) is 0 Å². The Labute approximate surface area is 153 Å². The van der Waals surface area contributed by atoms with Crippen LogP contribution in [-0.4, -0.2) is 50.5 Å². The number of aromatic nitrogens is 1. The third kappa shape index (κ3) is 3.36. The van der Waals surface area contributed by atoms with Crippen molar-refractivity contribution in [3.8, 4) is 5.75 Å². The molecule has 1 aliphatic carbocycles. The minimum absolute atomic E-state index is 0.123. The van der Waals surface area contributed by atoms with Gasteiger partial charge in [0.2, 0.25) is 0 Å². The van der Waals surface area contributed by atoms with E-state index in [1.165, 1.54) is 4.31 Å². The molecule has 26 heavy (non-hydrogen) atoms. The summed E-state index contributed by atoms with van der Waals surface area (Å²) >= 11 is 0. The first-order valence-corrected chi connectivity index (χ1v) is 10.4. The summed E-state index contributed by atoms with van der Waals surface area (Å²) in [6.45, 7) is 2.35. The highest BCUT2D eigenvalue weighted by atomic mass is 32.2. The van der Waals surface area contributed by atoms with Gasteiger partial charge in [0.05, 0.1) is 7.11 Å². The molecular formula is C18H24N4O3S. The number of nitrogens with two attached hydrogens (primary N) is 1. The molecule has 8 heteroatoms. The van der Waals surface area contributed by atoms with Gasteiger partial charge in [0.25, 0.3) is 10.2 Å². The second-order valence-electron chi connectivity index (χ2n) is 7.13. The molecule has 0 bridgehead atoms. The lowest BCUT2D eigenvalue weighted by Gasteiger charge is -2.42. The van der Waals surface area contributed by atoms with Crippen LogP contribution < -0.4 is 14.8 Å². The lowest BCUT2D eigenvalue weighted by Crippen LogP contribution is -2.49. The van der Waals surface area contributed by atoms with Gasteiger partial charge in [0, 0.05) is 42.9 Å². The molecule has 1 saturated carbocycles. The van der Waals surface area contributed by atoms with Gasteiger partial charge in [-0.15, -0.1) is 0 Å². The topological polar surface area (TPSA) is 88.8 Å². The lowest BCUT2D eigenvalue weighted by molar-refractivity contribution is 0.320. The molecule has 2 heterocycles. The highest BCUT2D eigenvalue weighted by molar-refractivity contribution is 7.86. The summed E-state index contributed by atoms with van der Waals surface area (Å²) in [6, 6.07) is 8.10. The van der Waals surface area contributed by atoms with Crippen molar-refractivity contribution in [3.63, 3.8) is 0 Å². The molecule has 2 aliphatic rings. The summed E-state index contributed by atoms with van der Waals surface area (Å²) in [5.74, 6) is 1.25. The van der Waals surface area contributed by atoms with E-state index in [1.807, 2.05) is 24.4 Å². The van der Waals surface area contributed by atoms with Crippen LogP contribution in [0.25, 0.3) is 10.9 Å². The maximum Gasteiger partial charge on any atom is 0.277 e. The molecule has 1 aromatic heterocycles. The number of hydrogen-bond donors (Lipinski definition) is 1. The van der Waals surface area contributed by atoms with Gasteiger partial charge in [0.1, 0.15) is 11.3 Å². The molecular weight excluding hydrogens is 352 g/mol. The number of hydrogen-bond acceptors (Lipinski definition) is 5. The fourth-order valence-electron chi connectivity index (χ4n) is 3.71. The zero-order valence-electron chi connectivity index (χ0n) is 14.8. The Morgan fingerprint density at radius 3 is 2.73 bits per heavy atom. The van der Waals surface area contributed by atoms with E-state index in [1.54, 1.807) is 7.11 Å². The summed E-state index contributed by atoms with van der Waals surface area (Å²) in [5.41, 5.74) is 2.01. The van der Waals surface area contributed by atoms with Gasteiger partial charge in [-0.2, -0.15) is 12.7 Å². The number of rotatable bonds is 7. The third-order valence-electron chi connectivity index (χ3n) is 5.27. The Balaban J connectivity index is 1.41. The van der Waals surface area contributed by atoms with Crippen LogP contribution in [0.15, 0.2) is 30.5 Å². The molecule has 4 rings (SSSR count). The third-order valence-corrected chi connectivity index (χ3v) is 6.40. The SMILES string of the molecule is COc1cccc2c(N3CC(CCN(C4CC4)S(N)(=O)=O)C3)ccnc12. The molecule has 0 atom stereocenters. The summed E-state index contributed by atoms with van der Waals surface area (Å²) in [7, 11) is -1.93. The minimum Gasteiger partial charge on any atom is -0.494 e. The van der Waals surface area contributed by atoms with Crippen LogP contribution in [0.5, 0.6) is 5.75 Å². The Kier molecular flexibility index (Phi) is 4.50. The minimum atomic E-state index is -3.59. The van der Waals surface area contributed by atoms with Crippen LogP contribution in [0.1, 0.15) is 19.3 Å². The van der Waals surface area contributed by atoms with Crippen molar-refractivity contribution in [2.45, 2.75) is 25.3 Å². The van der Waals surface area contributed by atoms with E-state index in [0.29, 0.717) is 12.5 Å². The number of fused-ring (bicyclic) bond motifs is 1. The highest BCUT2D eigenvalue weighted by Gasteiger charge is 2.37. The number of ether oxygens (including phenoxy) is 1. The van der Waals surface area contributed by atoms with E-state index < -0.39 is 10.2 Å². The van der Waals surface area contributed by atoms with E-state index in [9.17, 15) is 8.42 Å². The first-order valence-electron chi connectivity index (χ1n) is 8.93. The first-order chi connectivity index (χ1) is 12.5. The summed E-state index contributed by atoms with van der Waals surface area (Å²) < 4.78 is 30.3. The van der Waals surface area contributed by atoms with Gasteiger partial charge in [-0.25, -0.2) is 5.14 Å². The van der Waals surface area contributed by atoms with Crippen LogP contribution in [0.2, 0.25) is 0 Å². The predicted molar refractivity (Wildman–Crippen MR) is 101 cm³/mol. The van der Waals surface area contributed by atoms with Crippen molar-refractivity contribution in [1.29, 1.82) is 0 Å². The molecule has 1 saturated heterocycles. The van der Waals surface area contributed by atoms with E-state index in [4.69, 9.17) is 9.88 Å². The standard InChI is InChI=1S/C18H24N4O3S/c1-25-17-4-2-3-15-16(7-9-20-18(15)17)21-11-13(12-21)8-10-22(14-5-6-14)26(19,23)24/h2-4,7,9,13-14H,5-6,8,10-12H2,1H3,(H2,19,23,24). The molecule has 2 N–H and O–H groups in total. The molecule has 1 aromatic carbocycles. The van der Waals surface area contributed by atoms with E-state index in [2.05, 4.69) is 16.0 Å². The lowest BCUT2D eigenvalue weighted by atomic mass is 9.95. The molecule has 2 aromatic rings. The fourth-order valence-corrected chi connectivity index (χ4v) is 4.70. The zero-order chi connectivity index (χ0) is 18.3. The summed E-state index contributed by atoms with van der Waals surface area (Å²) in [4.78, 5) is 6.76. The molecule has 0 spiro atoms. The second-order valence-corrected chi connectivity index (χ2v) is 8.63. The maximum atomic E-state index is 11.7. The second kappa shape index (κ2) is 6.68. The van der Waals surface area contributed by atoms with Crippen molar-refractivity contribution in [3.05, 3.63) is 30.5 Å². The van der Waals surface area contributed by atoms with Gasteiger partial charge < -0.3 is 9.64 Å². The van der Waals surface area contributed by atoms with Gasteiger partial charge in [-0.05, 0) is 37.3 Å². The first kappa shape index (κ1) is 17.5. The summed E-state index contributed by atoms with van der Waals surface area (Å²) in [5, 5.41) is 6.42. The maximum absolute atomic E-state index is 11.7. The van der Waals surface area contributed by atoms with Crippen LogP contribution in [0.4, 0.5) is 5.69 Å². The molecule has 0 amide bonds. The number of nitrogens with zero attached hydrogens (tertiary/aromatic N) is 3. The van der Waals surface area contributed by atoms with Crippen molar-refractivity contribution in [2.24, 2.45) is 11.1 Å². The summed E-state index contributed by atoms with van der Waals surface area (Å²) in [6.07, 6.45) is 4.51. The number of para-hydroxylation sites is 1. The van der Waals surface area contributed by atoms with Gasteiger partial charge >= 0.3 is 0 Å². The predicted octanol–water partition coefficient (Wildman–Crippen LogP) is 1.74. The Bertz CT molecular complexity index is 908. The Morgan fingerprint density at radius 2 is 2.08 bits per heavy atom. The van der Waals surface area contributed by atoms with Crippen LogP contribution in [-0.2, 0) is 10.2 Å². The quantitative estimate of drug-likeness (QED) is 0.795. The van der Waals surface area contributed by atoms with E-state index >= 15 is 0 Å². The normalized spacial score (nSPS) is 18.3. The van der Waals surface area contributed by atoms with Crippen LogP contribution in [0, 0.1) is 5.92 Å². The van der Waals surface area contributed by atoms with Crippen LogP contribution >= 0.6 is 0 Å². The van der Waals surface area contributed by atoms with Crippen molar-refractivity contribution < 1.29 is 13.2 Å². The molecule has 2 fully saturated rings. The number of methoxy groups -OCH3 is 1.